The van der Waals surface area contributed by atoms with Gasteiger partial charge in [-0.1, -0.05) is 6.92 Å². The molecule has 22 heavy (non-hydrogen) atoms. The Morgan fingerprint density at radius 2 is 2.23 bits per heavy atom. The summed E-state index contributed by atoms with van der Waals surface area (Å²) in [5.74, 6) is 0.428. The molecule has 6 nitrogen and oxygen atoms in total. The van der Waals surface area contributed by atoms with Gasteiger partial charge in [0.1, 0.15) is 5.65 Å². The van der Waals surface area contributed by atoms with Crippen LogP contribution in [-0.2, 0) is 0 Å². The molecule has 0 spiro atoms. The molecule has 1 unspecified atom stereocenters. The van der Waals surface area contributed by atoms with Crippen LogP contribution >= 0.6 is 0 Å². The number of carbonyl (C=O) groups is 1. The zero-order chi connectivity index (χ0) is 15.9. The molecule has 1 aliphatic heterocycles. The first-order valence-electron chi connectivity index (χ1n) is 7.65. The highest BCUT2D eigenvalue weighted by atomic mass is 16.4. The van der Waals surface area contributed by atoms with Crippen LogP contribution in [0.2, 0.25) is 0 Å². The van der Waals surface area contributed by atoms with Crippen molar-refractivity contribution in [1.82, 2.24) is 14.9 Å². The number of aromatic amines is 1. The number of likely N-dealkylation sites (N-methyl/N-ethyl adjacent to an activating group) is 1. The first-order valence-corrected chi connectivity index (χ1v) is 7.65. The van der Waals surface area contributed by atoms with E-state index >= 15 is 0 Å². The second kappa shape index (κ2) is 5.51. The van der Waals surface area contributed by atoms with Crippen molar-refractivity contribution < 1.29 is 9.90 Å². The van der Waals surface area contributed by atoms with Crippen molar-refractivity contribution in [2.45, 2.75) is 32.4 Å². The standard InChI is InChI=1S/C16H22N4O2/c1-10-6-9-20(16(21)22)11(2)14(10)19(3)13-5-8-18-15-12(13)4-7-17-15/h4-5,7-8,10-11,14H,6,9H2,1-3H3,(H,17,18)(H,21,22)/t10-,11?,14-/m1/s1. The molecular weight excluding hydrogens is 280 g/mol. The average Bonchev–Trinajstić information content (AvgIpc) is 2.94. The molecular formula is C16H22N4O2. The number of hydrogen-bond donors (Lipinski definition) is 2. The highest BCUT2D eigenvalue weighted by Gasteiger charge is 2.38. The maximum Gasteiger partial charge on any atom is 0.407 e. The van der Waals surface area contributed by atoms with Crippen LogP contribution < -0.4 is 4.90 Å². The Hall–Kier alpha value is -2.24. The Morgan fingerprint density at radius 1 is 1.45 bits per heavy atom. The van der Waals surface area contributed by atoms with Crippen molar-refractivity contribution in [3.05, 3.63) is 24.5 Å². The van der Waals surface area contributed by atoms with Crippen LogP contribution in [0.15, 0.2) is 24.5 Å². The number of nitrogens with zero attached hydrogens (tertiary/aromatic N) is 3. The molecule has 1 amide bonds. The smallest absolute Gasteiger partial charge is 0.407 e. The summed E-state index contributed by atoms with van der Waals surface area (Å²) in [5.41, 5.74) is 1.94. The lowest BCUT2D eigenvalue weighted by Gasteiger charge is -2.46. The van der Waals surface area contributed by atoms with E-state index in [0.717, 1.165) is 23.1 Å². The Labute approximate surface area is 129 Å². The summed E-state index contributed by atoms with van der Waals surface area (Å²) >= 11 is 0. The van der Waals surface area contributed by atoms with Gasteiger partial charge in [-0.25, -0.2) is 9.78 Å². The van der Waals surface area contributed by atoms with E-state index in [-0.39, 0.29) is 12.1 Å². The summed E-state index contributed by atoms with van der Waals surface area (Å²) in [7, 11) is 2.05. The highest BCUT2D eigenvalue weighted by molar-refractivity contribution is 5.89. The second-order valence-corrected chi connectivity index (χ2v) is 6.15. The van der Waals surface area contributed by atoms with Gasteiger partial charge in [-0.2, -0.15) is 0 Å². The van der Waals surface area contributed by atoms with Crippen LogP contribution in [0.1, 0.15) is 20.3 Å². The number of pyridine rings is 1. The van der Waals surface area contributed by atoms with E-state index in [1.165, 1.54) is 0 Å². The number of carboxylic acid groups (broad SMARTS) is 1. The molecule has 2 aromatic heterocycles. The van der Waals surface area contributed by atoms with Crippen LogP contribution in [0.3, 0.4) is 0 Å². The zero-order valence-corrected chi connectivity index (χ0v) is 13.2. The molecule has 1 aliphatic rings. The van der Waals surface area contributed by atoms with E-state index in [1.807, 2.05) is 32.3 Å². The number of nitrogens with one attached hydrogen (secondary N) is 1. The molecule has 2 aromatic rings. The molecule has 0 bridgehead atoms. The first-order chi connectivity index (χ1) is 10.5. The lowest BCUT2D eigenvalue weighted by molar-refractivity contribution is 0.0860. The van der Waals surface area contributed by atoms with Gasteiger partial charge in [0.25, 0.3) is 0 Å². The Morgan fingerprint density at radius 3 is 2.95 bits per heavy atom. The van der Waals surface area contributed by atoms with Crippen LogP contribution in [-0.4, -0.2) is 51.7 Å². The van der Waals surface area contributed by atoms with Crippen LogP contribution in [0.5, 0.6) is 0 Å². The lowest BCUT2D eigenvalue weighted by Crippen LogP contribution is -2.58. The van der Waals surface area contributed by atoms with Gasteiger partial charge < -0.3 is 19.9 Å². The first kappa shape index (κ1) is 14.7. The van der Waals surface area contributed by atoms with Gasteiger partial charge in [0.2, 0.25) is 0 Å². The van der Waals surface area contributed by atoms with E-state index in [4.69, 9.17) is 0 Å². The molecule has 6 heteroatoms. The monoisotopic (exact) mass is 302 g/mol. The third-order valence-electron chi connectivity index (χ3n) is 4.90. The van der Waals surface area contributed by atoms with Crippen molar-refractivity contribution in [3.8, 4) is 0 Å². The van der Waals surface area contributed by atoms with Gasteiger partial charge in [0.15, 0.2) is 0 Å². The highest BCUT2D eigenvalue weighted by Crippen LogP contribution is 2.33. The third-order valence-corrected chi connectivity index (χ3v) is 4.90. The van der Waals surface area contributed by atoms with Crippen LogP contribution in [0, 0.1) is 5.92 Å². The van der Waals surface area contributed by atoms with Crippen LogP contribution in [0.25, 0.3) is 11.0 Å². The molecule has 3 rings (SSSR count). The maximum absolute atomic E-state index is 11.4. The quantitative estimate of drug-likeness (QED) is 0.894. The lowest BCUT2D eigenvalue weighted by atomic mass is 9.86. The van der Waals surface area contributed by atoms with Crippen molar-refractivity contribution in [3.63, 3.8) is 0 Å². The fraction of sp³-hybridized carbons (Fsp3) is 0.500. The fourth-order valence-electron chi connectivity index (χ4n) is 3.77. The van der Waals surface area contributed by atoms with Crippen molar-refractivity contribution in [2.75, 3.05) is 18.5 Å². The van der Waals surface area contributed by atoms with E-state index in [1.54, 1.807) is 11.1 Å². The third kappa shape index (κ3) is 2.28. The number of fused-ring (bicyclic) bond motifs is 1. The zero-order valence-electron chi connectivity index (χ0n) is 13.2. The van der Waals surface area contributed by atoms with E-state index in [2.05, 4.69) is 21.8 Å². The molecule has 1 fully saturated rings. The molecule has 0 aromatic carbocycles. The summed E-state index contributed by atoms with van der Waals surface area (Å²) in [5, 5.41) is 10.5. The van der Waals surface area contributed by atoms with E-state index in [0.29, 0.717) is 12.5 Å². The molecule has 118 valence electrons. The van der Waals surface area contributed by atoms with Crippen molar-refractivity contribution >= 4 is 22.8 Å². The molecule has 0 aliphatic carbocycles. The van der Waals surface area contributed by atoms with Gasteiger partial charge >= 0.3 is 6.09 Å². The summed E-state index contributed by atoms with van der Waals surface area (Å²) in [6.07, 6.45) is 3.72. The Bertz CT molecular complexity index is 684. The van der Waals surface area contributed by atoms with E-state index in [9.17, 15) is 9.90 Å². The Balaban J connectivity index is 1.97. The number of H-pyrrole nitrogens is 1. The topological polar surface area (TPSA) is 72.5 Å². The minimum atomic E-state index is -0.834. The predicted molar refractivity (Wildman–Crippen MR) is 86.3 cm³/mol. The molecule has 0 radical (unpaired) electrons. The summed E-state index contributed by atoms with van der Waals surface area (Å²) in [6.45, 7) is 4.81. The van der Waals surface area contributed by atoms with Crippen LogP contribution in [0.4, 0.5) is 10.5 Å². The molecule has 0 saturated carbocycles. The second-order valence-electron chi connectivity index (χ2n) is 6.15. The number of hydrogen-bond acceptors (Lipinski definition) is 3. The molecule has 2 N–H and O–H groups in total. The number of rotatable bonds is 2. The SMILES string of the molecule is CC1[C@H](N(C)c2ccnc3[nH]ccc23)[C@H](C)CCN1C(=O)O. The maximum atomic E-state index is 11.4. The molecule has 1 saturated heterocycles. The largest absolute Gasteiger partial charge is 0.465 e. The van der Waals surface area contributed by atoms with Gasteiger partial charge in [-0.05, 0) is 31.4 Å². The summed E-state index contributed by atoms with van der Waals surface area (Å²) in [4.78, 5) is 22.7. The summed E-state index contributed by atoms with van der Waals surface area (Å²) < 4.78 is 0. The number of piperidine rings is 1. The van der Waals surface area contributed by atoms with E-state index < -0.39 is 6.09 Å². The predicted octanol–water partition coefficient (Wildman–Crippen LogP) is 2.78. The summed E-state index contributed by atoms with van der Waals surface area (Å²) in [6, 6.07) is 4.11. The van der Waals surface area contributed by atoms with Gasteiger partial charge in [0.05, 0.1) is 12.1 Å². The Kier molecular flexibility index (Phi) is 3.68. The van der Waals surface area contributed by atoms with Gasteiger partial charge in [-0.3, -0.25) is 0 Å². The number of aromatic nitrogens is 2. The number of amides is 1. The van der Waals surface area contributed by atoms with Gasteiger partial charge in [-0.15, -0.1) is 0 Å². The molecule has 3 heterocycles. The average molecular weight is 302 g/mol. The van der Waals surface area contributed by atoms with Crippen molar-refractivity contribution in [2.24, 2.45) is 5.92 Å². The molecule has 3 atom stereocenters. The minimum absolute atomic E-state index is 0.0478. The van der Waals surface area contributed by atoms with Gasteiger partial charge in [0, 0.05) is 37.1 Å². The number of anilines is 1. The normalized spacial score (nSPS) is 25.4. The number of likely N-dealkylation sites (tertiary alicyclic amines) is 1. The minimum Gasteiger partial charge on any atom is -0.465 e. The fourth-order valence-corrected chi connectivity index (χ4v) is 3.77. The van der Waals surface area contributed by atoms with Crippen molar-refractivity contribution in [1.29, 1.82) is 0 Å².